The van der Waals surface area contributed by atoms with Gasteiger partial charge in [-0.15, -0.1) is 0 Å². The number of rotatable bonds is 9. The molecule has 0 radical (unpaired) electrons. The highest BCUT2D eigenvalue weighted by molar-refractivity contribution is 7.09. The highest BCUT2D eigenvalue weighted by atomic mass is 32.1. The van der Waals surface area contributed by atoms with Gasteiger partial charge >= 0.3 is 0 Å². The molecule has 0 bridgehead atoms. The third-order valence-electron chi connectivity index (χ3n) is 4.41. The minimum atomic E-state index is 0.0920. The normalized spacial score (nSPS) is 12.2. The molecule has 0 saturated carbocycles. The third-order valence-corrected chi connectivity index (χ3v) is 5.20. The number of amides is 1. The largest absolute Gasteiger partial charge is 0.354 e. The zero-order valence-corrected chi connectivity index (χ0v) is 17.3. The number of aromatic nitrogens is 2. The van der Waals surface area contributed by atoms with Crippen LogP contribution < -0.4 is 10.2 Å². The number of anilines is 1. The van der Waals surface area contributed by atoms with Gasteiger partial charge in [-0.05, 0) is 39.7 Å². The molecule has 2 rings (SSSR count). The van der Waals surface area contributed by atoms with Gasteiger partial charge in [-0.3, -0.25) is 4.79 Å². The molecule has 6 heteroatoms. The summed E-state index contributed by atoms with van der Waals surface area (Å²) in [6.07, 6.45) is 2.14. The van der Waals surface area contributed by atoms with Gasteiger partial charge in [0.05, 0.1) is 0 Å². The van der Waals surface area contributed by atoms with Crippen LogP contribution in [0.15, 0.2) is 24.3 Å². The molecule has 0 aliphatic carbocycles. The highest BCUT2D eigenvalue weighted by Gasteiger charge is 2.17. The fourth-order valence-corrected chi connectivity index (χ4v) is 3.41. The van der Waals surface area contributed by atoms with Crippen LogP contribution in [0.1, 0.15) is 57.5 Å². The molecule has 0 fully saturated rings. The van der Waals surface area contributed by atoms with Crippen molar-refractivity contribution < 1.29 is 4.79 Å². The van der Waals surface area contributed by atoms with Gasteiger partial charge < -0.3 is 10.2 Å². The lowest BCUT2D eigenvalue weighted by Gasteiger charge is -2.25. The number of nitrogens with zero attached hydrogens (tertiary/aromatic N) is 3. The molecule has 5 nitrogen and oxygen atoms in total. The van der Waals surface area contributed by atoms with Gasteiger partial charge in [0.2, 0.25) is 11.0 Å². The van der Waals surface area contributed by atoms with E-state index in [1.54, 1.807) is 0 Å². The molecule has 2 aromatic rings. The maximum Gasteiger partial charge on any atom is 0.221 e. The van der Waals surface area contributed by atoms with Crippen molar-refractivity contribution in [2.45, 2.75) is 66.0 Å². The van der Waals surface area contributed by atoms with Crippen molar-refractivity contribution in [3.8, 4) is 0 Å². The van der Waals surface area contributed by atoms with Crippen LogP contribution in [-0.2, 0) is 11.2 Å². The van der Waals surface area contributed by atoms with Gasteiger partial charge in [0.1, 0.15) is 5.82 Å². The first-order valence-electron chi connectivity index (χ1n) is 9.33. The SMILES string of the molecule is CC[C@H](C)NC(=O)CCN(c1nc(Cc2ccc(C)cc2)ns1)C(C)C. The van der Waals surface area contributed by atoms with E-state index in [9.17, 15) is 4.79 Å². The van der Waals surface area contributed by atoms with Crippen LogP contribution in [0, 0.1) is 6.92 Å². The number of carbonyl (C=O) groups excluding carboxylic acids is 1. The summed E-state index contributed by atoms with van der Waals surface area (Å²) in [5, 5.41) is 3.91. The Bertz CT molecular complexity index is 696. The van der Waals surface area contributed by atoms with Crippen molar-refractivity contribution in [2.24, 2.45) is 0 Å². The van der Waals surface area contributed by atoms with Crippen molar-refractivity contribution in [3.05, 3.63) is 41.2 Å². The molecule has 0 aliphatic heterocycles. The topological polar surface area (TPSA) is 58.1 Å². The Hall–Kier alpha value is -1.95. The summed E-state index contributed by atoms with van der Waals surface area (Å²) in [6, 6.07) is 8.95. The van der Waals surface area contributed by atoms with E-state index in [-0.39, 0.29) is 18.0 Å². The van der Waals surface area contributed by atoms with Crippen molar-refractivity contribution in [1.82, 2.24) is 14.7 Å². The molecule has 26 heavy (non-hydrogen) atoms. The number of hydrogen-bond donors (Lipinski definition) is 1. The van der Waals surface area contributed by atoms with Gasteiger partial charge in [0, 0.05) is 43.0 Å². The van der Waals surface area contributed by atoms with Gasteiger partial charge in [-0.25, -0.2) is 4.98 Å². The van der Waals surface area contributed by atoms with E-state index < -0.39 is 0 Å². The van der Waals surface area contributed by atoms with E-state index in [0.29, 0.717) is 13.0 Å². The molecule has 1 heterocycles. The first kappa shape index (κ1) is 20.4. The van der Waals surface area contributed by atoms with Gasteiger partial charge in [0.25, 0.3) is 0 Å². The minimum absolute atomic E-state index is 0.0920. The maximum atomic E-state index is 12.1. The summed E-state index contributed by atoms with van der Waals surface area (Å²) in [4.78, 5) is 18.9. The molecule has 1 aromatic carbocycles. The van der Waals surface area contributed by atoms with Gasteiger partial charge in [-0.1, -0.05) is 36.8 Å². The molecule has 0 aliphatic rings. The maximum absolute atomic E-state index is 12.1. The van der Waals surface area contributed by atoms with Gasteiger partial charge in [0.15, 0.2) is 0 Å². The average molecular weight is 375 g/mol. The standard InChI is InChI=1S/C20H30N4OS/c1-6-16(5)21-19(25)11-12-24(14(2)3)20-22-18(23-26-20)13-17-9-7-15(4)8-10-17/h7-10,14,16H,6,11-13H2,1-5H3,(H,21,25)/t16-/m0/s1. The quantitative estimate of drug-likeness (QED) is 0.722. The van der Waals surface area contributed by atoms with Crippen molar-refractivity contribution in [2.75, 3.05) is 11.4 Å². The molecule has 0 unspecified atom stereocenters. The summed E-state index contributed by atoms with van der Waals surface area (Å²) in [7, 11) is 0. The number of benzene rings is 1. The molecule has 0 spiro atoms. The lowest BCUT2D eigenvalue weighted by molar-refractivity contribution is -0.121. The first-order chi connectivity index (χ1) is 12.4. The smallest absolute Gasteiger partial charge is 0.221 e. The highest BCUT2D eigenvalue weighted by Crippen LogP contribution is 2.21. The van der Waals surface area contributed by atoms with E-state index in [1.165, 1.54) is 22.7 Å². The monoisotopic (exact) mass is 374 g/mol. The van der Waals surface area contributed by atoms with Crippen LogP contribution >= 0.6 is 11.5 Å². The van der Waals surface area contributed by atoms with Gasteiger partial charge in [-0.2, -0.15) is 4.37 Å². The Morgan fingerprint density at radius 1 is 1.23 bits per heavy atom. The average Bonchev–Trinajstić information content (AvgIpc) is 3.04. The molecular formula is C20H30N4OS. The zero-order chi connectivity index (χ0) is 19.1. The molecule has 142 valence electrons. The predicted octanol–water partition coefficient (Wildman–Crippen LogP) is 3.96. The van der Waals surface area contributed by atoms with Crippen LogP contribution in [0.3, 0.4) is 0 Å². The van der Waals surface area contributed by atoms with Crippen molar-refractivity contribution in [1.29, 1.82) is 0 Å². The second-order valence-corrected chi connectivity index (χ2v) is 7.80. The predicted molar refractivity (Wildman–Crippen MR) is 109 cm³/mol. The fraction of sp³-hybridized carbons (Fsp3) is 0.550. The summed E-state index contributed by atoms with van der Waals surface area (Å²) in [5.74, 6) is 0.929. The molecular weight excluding hydrogens is 344 g/mol. The molecule has 1 N–H and O–H groups in total. The number of carbonyl (C=O) groups is 1. The lowest BCUT2D eigenvalue weighted by Crippen LogP contribution is -2.37. The number of nitrogens with one attached hydrogen (secondary N) is 1. The van der Waals surface area contributed by atoms with Crippen LogP contribution in [-0.4, -0.2) is 33.9 Å². The molecule has 0 saturated heterocycles. The van der Waals surface area contributed by atoms with Crippen molar-refractivity contribution >= 4 is 22.6 Å². The summed E-state index contributed by atoms with van der Waals surface area (Å²) in [6.45, 7) is 11.1. The van der Waals surface area contributed by atoms with E-state index in [1.807, 2.05) is 6.92 Å². The molecule has 1 amide bonds. The molecule has 1 aromatic heterocycles. The Morgan fingerprint density at radius 2 is 1.92 bits per heavy atom. The van der Waals surface area contributed by atoms with Crippen LogP contribution in [0.2, 0.25) is 0 Å². The lowest BCUT2D eigenvalue weighted by atomic mass is 10.1. The first-order valence-corrected chi connectivity index (χ1v) is 10.1. The van der Waals surface area contributed by atoms with Crippen LogP contribution in [0.5, 0.6) is 0 Å². The summed E-state index contributed by atoms with van der Waals surface area (Å²) < 4.78 is 4.51. The third kappa shape index (κ3) is 6.09. The fourth-order valence-electron chi connectivity index (χ4n) is 2.57. The Kier molecular flexibility index (Phi) is 7.57. The zero-order valence-electron chi connectivity index (χ0n) is 16.5. The molecule has 1 atom stereocenters. The Morgan fingerprint density at radius 3 is 2.54 bits per heavy atom. The second kappa shape index (κ2) is 9.67. The van der Waals surface area contributed by atoms with E-state index in [2.05, 4.69) is 66.6 Å². The summed E-state index contributed by atoms with van der Waals surface area (Å²) >= 11 is 1.41. The summed E-state index contributed by atoms with van der Waals surface area (Å²) in [5.41, 5.74) is 2.46. The number of aryl methyl sites for hydroxylation is 1. The van der Waals surface area contributed by atoms with E-state index in [4.69, 9.17) is 4.98 Å². The number of hydrogen-bond acceptors (Lipinski definition) is 5. The second-order valence-electron chi connectivity index (χ2n) is 7.07. The van der Waals surface area contributed by atoms with Crippen LogP contribution in [0.4, 0.5) is 5.13 Å². The Labute approximate surface area is 161 Å². The van der Waals surface area contributed by atoms with E-state index in [0.717, 1.165) is 23.8 Å². The Balaban J connectivity index is 1.98. The van der Waals surface area contributed by atoms with E-state index >= 15 is 0 Å². The minimum Gasteiger partial charge on any atom is -0.354 e. The van der Waals surface area contributed by atoms with Crippen LogP contribution in [0.25, 0.3) is 0 Å². The van der Waals surface area contributed by atoms with Crippen molar-refractivity contribution in [3.63, 3.8) is 0 Å².